The van der Waals surface area contributed by atoms with Crippen LogP contribution in [0.15, 0.2) is 71.8 Å². The molecule has 3 aromatic rings. The molecular weight excluding hydrogens is 460 g/mol. The highest BCUT2D eigenvalue weighted by atomic mass is 16.5. The van der Waals surface area contributed by atoms with Crippen molar-refractivity contribution in [3.8, 4) is 11.5 Å². The van der Waals surface area contributed by atoms with Crippen LogP contribution in [0, 0.1) is 13.8 Å². The molecular formula is C27H28N4O5. The number of benzene rings is 3. The first-order valence-corrected chi connectivity index (χ1v) is 11.2. The molecule has 0 spiro atoms. The lowest BCUT2D eigenvalue weighted by Gasteiger charge is -2.12. The van der Waals surface area contributed by atoms with Crippen molar-refractivity contribution in [3.63, 3.8) is 0 Å². The molecule has 3 aromatic carbocycles. The van der Waals surface area contributed by atoms with E-state index in [9.17, 15) is 14.4 Å². The van der Waals surface area contributed by atoms with Gasteiger partial charge in [0.15, 0.2) is 18.1 Å². The Morgan fingerprint density at radius 3 is 2.39 bits per heavy atom. The van der Waals surface area contributed by atoms with Crippen LogP contribution in [0.4, 0.5) is 5.69 Å². The third-order valence-corrected chi connectivity index (χ3v) is 5.22. The number of nitrogens with one attached hydrogen (secondary N) is 3. The Bertz CT molecular complexity index is 1260. The van der Waals surface area contributed by atoms with E-state index in [1.807, 2.05) is 62.4 Å². The molecule has 9 nitrogen and oxygen atoms in total. The number of hydrogen-bond donors (Lipinski definition) is 3. The smallest absolute Gasteiger partial charge is 0.329 e. The summed E-state index contributed by atoms with van der Waals surface area (Å²) in [6.07, 6.45) is 1.36. The Morgan fingerprint density at radius 1 is 0.889 bits per heavy atom. The fourth-order valence-electron chi connectivity index (χ4n) is 3.12. The standard InChI is InChI=1S/C27H28N4O5/c1-18-9-11-22(13-19(18)2)30-25(32)17-36-23-12-10-21(14-24(23)35-3)16-29-31-27(34)26(33)28-15-20-7-5-4-6-8-20/h4-14,16H,15,17H2,1-3H3,(H,28,33)(H,30,32)(H,31,34)/b29-16-. The number of carbonyl (C=O) groups excluding carboxylic acids is 3. The molecule has 0 aromatic heterocycles. The van der Waals surface area contributed by atoms with Crippen molar-refractivity contribution < 1.29 is 23.9 Å². The summed E-state index contributed by atoms with van der Waals surface area (Å²) in [6.45, 7) is 4.01. The SMILES string of the molecule is COc1cc(/C=N\NC(=O)C(=O)NCc2ccccc2)ccc1OCC(=O)Nc1ccc(C)c(C)c1. The van der Waals surface area contributed by atoms with Gasteiger partial charge in [-0.1, -0.05) is 36.4 Å². The van der Waals surface area contributed by atoms with Crippen LogP contribution in [0.3, 0.4) is 0 Å². The molecule has 3 amide bonds. The molecule has 36 heavy (non-hydrogen) atoms. The van der Waals surface area contributed by atoms with Gasteiger partial charge in [-0.25, -0.2) is 5.43 Å². The van der Waals surface area contributed by atoms with Crippen LogP contribution in [-0.4, -0.2) is 37.7 Å². The number of methoxy groups -OCH3 is 1. The fraction of sp³-hybridized carbons (Fsp3) is 0.185. The van der Waals surface area contributed by atoms with E-state index >= 15 is 0 Å². The molecule has 0 saturated carbocycles. The van der Waals surface area contributed by atoms with Gasteiger partial charge in [-0.3, -0.25) is 14.4 Å². The van der Waals surface area contributed by atoms with Gasteiger partial charge in [0, 0.05) is 12.2 Å². The number of aryl methyl sites for hydroxylation is 2. The van der Waals surface area contributed by atoms with Crippen LogP contribution in [0.25, 0.3) is 0 Å². The number of anilines is 1. The zero-order chi connectivity index (χ0) is 25.9. The van der Waals surface area contributed by atoms with Crippen LogP contribution >= 0.6 is 0 Å². The number of hydrogen-bond acceptors (Lipinski definition) is 6. The lowest BCUT2D eigenvalue weighted by molar-refractivity contribution is -0.139. The molecule has 9 heteroatoms. The second-order valence-corrected chi connectivity index (χ2v) is 7.91. The minimum atomic E-state index is -0.885. The summed E-state index contributed by atoms with van der Waals surface area (Å²) in [6, 6.07) is 19.8. The average molecular weight is 489 g/mol. The monoisotopic (exact) mass is 488 g/mol. The van der Waals surface area contributed by atoms with Gasteiger partial charge in [0.1, 0.15) is 0 Å². The van der Waals surface area contributed by atoms with Crippen molar-refractivity contribution in [2.75, 3.05) is 19.0 Å². The number of amides is 3. The van der Waals surface area contributed by atoms with E-state index in [0.29, 0.717) is 22.7 Å². The van der Waals surface area contributed by atoms with Crippen molar-refractivity contribution in [1.82, 2.24) is 10.7 Å². The molecule has 0 fully saturated rings. The fourth-order valence-corrected chi connectivity index (χ4v) is 3.12. The van der Waals surface area contributed by atoms with Crippen LogP contribution in [-0.2, 0) is 20.9 Å². The number of nitrogens with zero attached hydrogens (tertiary/aromatic N) is 1. The lowest BCUT2D eigenvalue weighted by atomic mass is 10.1. The molecule has 0 heterocycles. The molecule has 0 aliphatic carbocycles. The summed E-state index contributed by atoms with van der Waals surface area (Å²) in [5.74, 6) is -1.24. The van der Waals surface area contributed by atoms with Crippen LogP contribution < -0.4 is 25.5 Å². The van der Waals surface area contributed by atoms with E-state index in [1.165, 1.54) is 13.3 Å². The Balaban J connectivity index is 1.49. The van der Waals surface area contributed by atoms with Crippen molar-refractivity contribution in [3.05, 3.63) is 89.0 Å². The highest BCUT2D eigenvalue weighted by Crippen LogP contribution is 2.27. The van der Waals surface area contributed by atoms with Gasteiger partial charge in [-0.2, -0.15) is 5.10 Å². The van der Waals surface area contributed by atoms with Gasteiger partial charge in [0.25, 0.3) is 5.91 Å². The maximum Gasteiger partial charge on any atom is 0.329 e. The van der Waals surface area contributed by atoms with E-state index in [4.69, 9.17) is 9.47 Å². The summed E-state index contributed by atoms with van der Waals surface area (Å²) < 4.78 is 10.9. The molecule has 0 aliphatic rings. The molecule has 0 radical (unpaired) electrons. The third-order valence-electron chi connectivity index (χ3n) is 5.22. The summed E-state index contributed by atoms with van der Waals surface area (Å²) in [5, 5.41) is 9.13. The minimum Gasteiger partial charge on any atom is -0.493 e. The highest BCUT2D eigenvalue weighted by Gasteiger charge is 2.12. The summed E-state index contributed by atoms with van der Waals surface area (Å²) in [5.41, 5.74) is 6.56. The first-order valence-electron chi connectivity index (χ1n) is 11.2. The van der Waals surface area contributed by atoms with E-state index < -0.39 is 11.8 Å². The number of rotatable bonds is 9. The van der Waals surface area contributed by atoms with Gasteiger partial charge in [0.05, 0.1) is 13.3 Å². The van der Waals surface area contributed by atoms with Crippen LogP contribution in [0.5, 0.6) is 11.5 Å². The first kappa shape index (κ1) is 26.0. The van der Waals surface area contributed by atoms with Crippen molar-refractivity contribution >= 4 is 29.6 Å². The molecule has 3 N–H and O–H groups in total. The van der Waals surface area contributed by atoms with Crippen molar-refractivity contribution in [1.29, 1.82) is 0 Å². The number of ether oxygens (including phenoxy) is 2. The molecule has 0 bridgehead atoms. The van der Waals surface area contributed by atoms with E-state index in [1.54, 1.807) is 18.2 Å². The quantitative estimate of drug-likeness (QED) is 0.243. The van der Waals surface area contributed by atoms with Crippen molar-refractivity contribution in [2.24, 2.45) is 5.10 Å². The van der Waals surface area contributed by atoms with Gasteiger partial charge < -0.3 is 20.1 Å². The van der Waals surface area contributed by atoms with Gasteiger partial charge >= 0.3 is 11.8 Å². The van der Waals surface area contributed by atoms with Gasteiger partial charge in [-0.15, -0.1) is 0 Å². The van der Waals surface area contributed by atoms with E-state index in [-0.39, 0.29) is 19.1 Å². The maximum atomic E-state index is 12.3. The lowest BCUT2D eigenvalue weighted by Crippen LogP contribution is -2.37. The maximum absolute atomic E-state index is 12.3. The predicted octanol–water partition coefficient (Wildman–Crippen LogP) is 3.10. The zero-order valence-electron chi connectivity index (χ0n) is 20.3. The third kappa shape index (κ3) is 7.69. The second kappa shape index (κ2) is 12.7. The molecule has 0 atom stereocenters. The highest BCUT2D eigenvalue weighted by molar-refractivity contribution is 6.35. The number of hydrazone groups is 1. The molecule has 0 aliphatic heterocycles. The molecule has 0 unspecified atom stereocenters. The Morgan fingerprint density at radius 2 is 1.67 bits per heavy atom. The van der Waals surface area contributed by atoms with Crippen molar-refractivity contribution in [2.45, 2.75) is 20.4 Å². The Hall–Kier alpha value is -4.66. The normalized spacial score (nSPS) is 10.5. The Labute approximate surface area is 209 Å². The van der Waals surface area contributed by atoms with E-state index in [0.717, 1.165) is 16.7 Å². The first-order chi connectivity index (χ1) is 17.4. The largest absolute Gasteiger partial charge is 0.493 e. The second-order valence-electron chi connectivity index (χ2n) is 7.91. The van der Waals surface area contributed by atoms with Gasteiger partial charge in [0.2, 0.25) is 0 Å². The predicted molar refractivity (Wildman–Crippen MR) is 137 cm³/mol. The Kier molecular flexibility index (Phi) is 9.16. The topological polar surface area (TPSA) is 118 Å². The molecule has 186 valence electrons. The summed E-state index contributed by atoms with van der Waals surface area (Å²) >= 11 is 0. The minimum absolute atomic E-state index is 0.204. The molecule has 3 rings (SSSR count). The van der Waals surface area contributed by atoms with Crippen LogP contribution in [0.2, 0.25) is 0 Å². The summed E-state index contributed by atoms with van der Waals surface area (Å²) in [4.78, 5) is 36.1. The average Bonchev–Trinajstić information content (AvgIpc) is 2.89. The van der Waals surface area contributed by atoms with Crippen LogP contribution in [0.1, 0.15) is 22.3 Å². The van der Waals surface area contributed by atoms with Gasteiger partial charge in [-0.05, 0) is 66.4 Å². The number of carbonyl (C=O) groups is 3. The zero-order valence-corrected chi connectivity index (χ0v) is 20.3. The molecule has 0 saturated heterocycles. The summed E-state index contributed by atoms with van der Waals surface area (Å²) in [7, 11) is 1.47. The van der Waals surface area contributed by atoms with E-state index in [2.05, 4.69) is 21.2 Å².